The first-order chi connectivity index (χ1) is 7.52. The Labute approximate surface area is 96.8 Å². The minimum atomic E-state index is -0.512. The first-order valence-electron chi connectivity index (χ1n) is 5.45. The number of hydrogen-bond acceptors (Lipinski definition) is 2. The molecule has 0 atom stereocenters. The molecular formula is C13H19NO2. The first-order valence-corrected chi connectivity index (χ1v) is 5.45. The second-order valence-electron chi connectivity index (χ2n) is 4.21. The number of likely N-dealkylation sites (N-methyl/N-ethyl adjacent to an activating group) is 1. The van der Waals surface area contributed by atoms with Crippen molar-refractivity contribution in [3.05, 3.63) is 29.8 Å². The highest BCUT2D eigenvalue weighted by Gasteiger charge is 2.28. The van der Waals surface area contributed by atoms with Gasteiger partial charge in [0.15, 0.2) is 0 Å². The number of hydrogen-bond donors (Lipinski definition) is 1. The van der Waals surface area contributed by atoms with Crippen LogP contribution in [0.3, 0.4) is 0 Å². The van der Waals surface area contributed by atoms with Crippen molar-refractivity contribution in [2.24, 2.45) is 0 Å². The number of carbonyl (C=O) groups excluding carboxylic acids is 1. The lowest BCUT2D eigenvalue weighted by atomic mass is 9.83. The Morgan fingerprint density at radius 1 is 1.31 bits per heavy atom. The second kappa shape index (κ2) is 5.01. The predicted octanol–water partition coefficient (Wildman–Crippen LogP) is 2.11. The van der Waals surface area contributed by atoms with Gasteiger partial charge in [-0.3, -0.25) is 4.79 Å². The molecule has 0 saturated carbocycles. The summed E-state index contributed by atoms with van der Waals surface area (Å²) in [7, 11) is 1.63. The monoisotopic (exact) mass is 221 g/mol. The van der Waals surface area contributed by atoms with Gasteiger partial charge >= 0.3 is 0 Å². The summed E-state index contributed by atoms with van der Waals surface area (Å²) in [5.41, 5.74) is 0.474. The van der Waals surface area contributed by atoms with Gasteiger partial charge in [-0.15, -0.1) is 0 Å². The van der Waals surface area contributed by atoms with E-state index in [4.69, 9.17) is 4.74 Å². The topological polar surface area (TPSA) is 38.3 Å². The quantitative estimate of drug-likeness (QED) is 0.845. The molecule has 3 heteroatoms. The molecule has 1 amide bonds. The molecule has 3 nitrogen and oxygen atoms in total. The molecule has 0 spiro atoms. The highest BCUT2D eigenvalue weighted by atomic mass is 16.5. The normalized spacial score (nSPS) is 11.0. The molecule has 0 aliphatic rings. The molecule has 1 rings (SSSR count). The molecule has 1 aromatic carbocycles. The Balaban J connectivity index is 2.93. The molecule has 0 heterocycles. The van der Waals surface area contributed by atoms with Crippen LogP contribution in [-0.2, 0) is 10.2 Å². The minimum absolute atomic E-state index is 0.0418. The van der Waals surface area contributed by atoms with Crippen molar-refractivity contribution in [2.45, 2.75) is 26.2 Å². The number of ether oxygens (including phenoxy) is 1. The fraction of sp³-hybridized carbons (Fsp3) is 0.462. The van der Waals surface area contributed by atoms with Gasteiger partial charge in [0.1, 0.15) is 5.75 Å². The molecule has 0 bridgehead atoms. The zero-order valence-corrected chi connectivity index (χ0v) is 10.3. The molecule has 0 radical (unpaired) electrons. The molecule has 0 saturated heterocycles. The Kier molecular flexibility index (Phi) is 3.93. The van der Waals surface area contributed by atoms with Gasteiger partial charge in [-0.2, -0.15) is 0 Å². The van der Waals surface area contributed by atoms with Gasteiger partial charge < -0.3 is 10.1 Å². The molecular weight excluding hydrogens is 202 g/mol. The Morgan fingerprint density at radius 2 is 1.88 bits per heavy atom. The van der Waals surface area contributed by atoms with Crippen molar-refractivity contribution >= 4 is 5.91 Å². The number of amides is 1. The SMILES string of the molecule is CCNC(=O)C(C)(C)c1ccc(OC)cc1. The summed E-state index contributed by atoms with van der Waals surface area (Å²) in [6.07, 6.45) is 0. The van der Waals surface area contributed by atoms with E-state index in [-0.39, 0.29) is 5.91 Å². The molecule has 88 valence electrons. The molecule has 0 aromatic heterocycles. The van der Waals surface area contributed by atoms with Crippen LogP contribution >= 0.6 is 0 Å². The van der Waals surface area contributed by atoms with E-state index in [1.54, 1.807) is 7.11 Å². The molecule has 1 aromatic rings. The average Bonchev–Trinajstić information content (AvgIpc) is 2.29. The third-order valence-corrected chi connectivity index (χ3v) is 2.72. The van der Waals surface area contributed by atoms with Crippen molar-refractivity contribution in [2.75, 3.05) is 13.7 Å². The van der Waals surface area contributed by atoms with Crippen LogP contribution in [-0.4, -0.2) is 19.6 Å². The highest BCUT2D eigenvalue weighted by molar-refractivity contribution is 5.87. The molecule has 0 unspecified atom stereocenters. The van der Waals surface area contributed by atoms with E-state index in [1.165, 1.54) is 0 Å². The van der Waals surface area contributed by atoms with Crippen molar-refractivity contribution in [1.29, 1.82) is 0 Å². The standard InChI is InChI=1S/C13H19NO2/c1-5-14-12(15)13(2,3)10-6-8-11(16-4)9-7-10/h6-9H,5H2,1-4H3,(H,14,15). The first kappa shape index (κ1) is 12.6. The van der Waals surface area contributed by atoms with Crippen LogP contribution in [0.5, 0.6) is 5.75 Å². The van der Waals surface area contributed by atoms with Crippen molar-refractivity contribution in [1.82, 2.24) is 5.32 Å². The summed E-state index contributed by atoms with van der Waals surface area (Å²) in [5.74, 6) is 0.843. The van der Waals surface area contributed by atoms with Crippen molar-refractivity contribution < 1.29 is 9.53 Å². The Hall–Kier alpha value is -1.51. The fourth-order valence-electron chi connectivity index (χ4n) is 1.52. The van der Waals surface area contributed by atoms with Crippen molar-refractivity contribution in [3.63, 3.8) is 0 Å². The lowest BCUT2D eigenvalue weighted by Gasteiger charge is -2.24. The largest absolute Gasteiger partial charge is 0.497 e. The molecule has 16 heavy (non-hydrogen) atoms. The smallest absolute Gasteiger partial charge is 0.230 e. The molecule has 1 N–H and O–H groups in total. The van der Waals surface area contributed by atoms with Crippen LogP contribution in [0.4, 0.5) is 0 Å². The Morgan fingerprint density at radius 3 is 2.31 bits per heavy atom. The van der Waals surface area contributed by atoms with Gasteiger partial charge in [0.05, 0.1) is 12.5 Å². The van der Waals surface area contributed by atoms with Crippen LogP contribution in [0.2, 0.25) is 0 Å². The number of rotatable bonds is 4. The lowest BCUT2D eigenvalue weighted by molar-refractivity contribution is -0.125. The van der Waals surface area contributed by atoms with E-state index in [0.29, 0.717) is 6.54 Å². The van der Waals surface area contributed by atoms with Gasteiger partial charge in [0.25, 0.3) is 0 Å². The van der Waals surface area contributed by atoms with Crippen LogP contribution in [0.1, 0.15) is 26.3 Å². The van der Waals surface area contributed by atoms with Crippen LogP contribution in [0.15, 0.2) is 24.3 Å². The van der Waals surface area contributed by atoms with Gasteiger partial charge in [0.2, 0.25) is 5.91 Å². The lowest BCUT2D eigenvalue weighted by Crippen LogP contribution is -2.39. The van der Waals surface area contributed by atoms with E-state index in [2.05, 4.69) is 5.32 Å². The summed E-state index contributed by atoms with van der Waals surface area (Å²) < 4.78 is 5.09. The maximum Gasteiger partial charge on any atom is 0.230 e. The van der Waals surface area contributed by atoms with Gasteiger partial charge in [-0.05, 0) is 38.5 Å². The average molecular weight is 221 g/mol. The van der Waals surface area contributed by atoms with Crippen molar-refractivity contribution in [3.8, 4) is 5.75 Å². The fourth-order valence-corrected chi connectivity index (χ4v) is 1.52. The maximum absolute atomic E-state index is 11.9. The van der Waals surface area contributed by atoms with E-state index in [1.807, 2.05) is 45.0 Å². The number of carbonyl (C=O) groups is 1. The third-order valence-electron chi connectivity index (χ3n) is 2.72. The maximum atomic E-state index is 11.9. The Bertz CT molecular complexity index is 355. The van der Waals surface area contributed by atoms with Crippen LogP contribution < -0.4 is 10.1 Å². The number of benzene rings is 1. The zero-order chi connectivity index (χ0) is 12.2. The van der Waals surface area contributed by atoms with Gasteiger partial charge in [0, 0.05) is 6.54 Å². The summed E-state index contributed by atoms with van der Waals surface area (Å²) >= 11 is 0. The molecule has 0 fully saturated rings. The molecule has 0 aliphatic heterocycles. The van der Waals surface area contributed by atoms with E-state index >= 15 is 0 Å². The predicted molar refractivity (Wildman–Crippen MR) is 64.7 cm³/mol. The van der Waals surface area contributed by atoms with E-state index in [0.717, 1.165) is 11.3 Å². The second-order valence-corrected chi connectivity index (χ2v) is 4.21. The van der Waals surface area contributed by atoms with Crippen LogP contribution in [0.25, 0.3) is 0 Å². The summed E-state index contributed by atoms with van der Waals surface area (Å²) in [4.78, 5) is 11.9. The highest BCUT2D eigenvalue weighted by Crippen LogP contribution is 2.25. The van der Waals surface area contributed by atoms with Crippen LogP contribution in [0, 0.1) is 0 Å². The van der Waals surface area contributed by atoms with Gasteiger partial charge in [-0.25, -0.2) is 0 Å². The van der Waals surface area contributed by atoms with E-state index < -0.39 is 5.41 Å². The zero-order valence-electron chi connectivity index (χ0n) is 10.3. The van der Waals surface area contributed by atoms with Gasteiger partial charge in [-0.1, -0.05) is 12.1 Å². The molecule has 0 aliphatic carbocycles. The third kappa shape index (κ3) is 2.54. The summed E-state index contributed by atoms with van der Waals surface area (Å²) in [5, 5.41) is 2.84. The number of methoxy groups -OCH3 is 1. The summed E-state index contributed by atoms with van der Waals surface area (Å²) in [6, 6.07) is 7.59. The minimum Gasteiger partial charge on any atom is -0.497 e. The summed E-state index contributed by atoms with van der Waals surface area (Å²) in [6.45, 7) is 6.40. The van der Waals surface area contributed by atoms with E-state index in [9.17, 15) is 4.79 Å². The number of nitrogens with one attached hydrogen (secondary N) is 1.